The van der Waals surface area contributed by atoms with Crippen molar-refractivity contribution in [3.8, 4) is 11.8 Å². The van der Waals surface area contributed by atoms with Crippen molar-refractivity contribution in [3.63, 3.8) is 0 Å². The Bertz CT molecular complexity index is 972. The Morgan fingerprint density at radius 3 is 2.58 bits per heavy atom. The summed E-state index contributed by atoms with van der Waals surface area (Å²) < 4.78 is 44.7. The summed E-state index contributed by atoms with van der Waals surface area (Å²) in [7, 11) is 1.21. The van der Waals surface area contributed by atoms with Crippen LogP contribution >= 0.6 is 0 Å². The predicted molar refractivity (Wildman–Crippen MR) is 98.8 cm³/mol. The maximum Gasteiger partial charge on any atom is 0.435 e. The Morgan fingerprint density at radius 1 is 1.35 bits per heavy atom. The monoisotopic (exact) mass is 444 g/mol. The summed E-state index contributed by atoms with van der Waals surface area (Å²) in [5.41, 5.74) is -1.77. The van der Waals surface area contributed by atoms with Gasteiger partial charge in [0.05, 0.1) is 4.92 Å². The van der Waals surface area contributed by atoms with Gasteiger partial charge in [-0.2, -0.15) is 23.3 Å². The number of piperidine rings is 1. The molecule has 1 N–H and O–H groups in total. The second-order valence-electron chi connectivity index (χ2n) is 7.06. The average molecular weight is 444 g/mol. The number of rotatable bonds is 7. The number of aliphatic carboxylic acids is 1. The normalized spacial score (nSPS) is 15.2. The largest absolute Gasteiger partial charge is 0.481 e. The number of anilines is 1. The molecule has 0 radical (unpaired) electrons. The first-order valence-electron chi connectivity index (χ1n) is 9.31. The first-order valence-corrected chi connectivity index (χ1v) is 9.31. The highest BCUT2D eigenvalue weighted by Crippen LogP contribution is 2.39. The standard InChI is InChI=1S/C17H19F3N6O5/c1-24-12(8-11(23-24)17(18,19)20)31-16-14(26(29)30)15(21-9-22-16)25-6-4-10(5-7-25)2-3-13(27)28/h8-10H,2-7H2,1H3,(H,27,28). The van der Waals surface area contributed by atoms with Gasteiger partial charge in [-0.25, -0.2) is 9.67 Å². The van der Waals surface area contributed by atoms with Crippen molar-refractivity contribution in [1.29, 1.82) is 0 Å². The van der Waals surface area contributed by atoms with Crippen LogP contribution in [0.5, 0.6) is 11.8 Å². The fourth-order valence-corrected chi connectivity index (χ4v) is 3.36. The summed E-state index contributed by atoms with van der Waals surface area (Å²) in [5, 5.41) is 23.8. The number of hydrogen-bond donors (Lipinski definition) is 1. The molecule has 0 amide bonds. The summed E-state index contributed by atoms with van der Waals surface area (Å²) in [5.74, 6) is -1.57. The van der Waals surface area contributed by atoms with Gasteiger partial charge in [-0.1, -0.05) is 0 Å². The Hall–Kier alpha value is -3.45. The molecule has 14 heteroatoms. The quantitative estimate of drug-likeness (QED) is 0.505. The van der Waals surface area contributed by atoms with Crippen molar-refractivity contribution in [2.24, 2.45) is 13.0 Å². The van der Waals surface area contributed by atoms with Crippen LogP contribution in [-0.4, -0.2) is 48.8 Å². The summed E-state index contributed by atoms with van der Waals surface area (Å²) in [6.45, 7) is 0.816. The molecule has 1 aliphatic heterocycles. The minimum atomic E-state index is -4.70. The molecule has 2 aromatic rings. The number of aryl methyl sites for hydroxylation is 1. The SMILES string of the molecule is Cn1nc(C(F)(F)F)cc1Oc1ncnc(N2CCC(CCC(=O)O)CC2)c1[N+](=O)[O-]. The maximum atomic E-state index is 12.9. The van der Waals surface area contributed by atoms with Crippen LogP contribution in [0.3, 0.4) is 0 Å². The van der Waals surface area contributed by atoms with Crippen molar-refractivity contribution in [1.82, 2.24) is 19.7 Å². The Balaban J connectivity index is 1.82. The fourth-order valence-electron chi connectivity index (χ4n) is 3.36. The van der Waals surface area contributed by atoms with E-state index in [9.17, 15) is 28.1 Å². The molecule has 3 rings (SSSR count). The Labute approximate surface area is 173 Å². The third-order valence-electron chi connectivity index (χ3n) is 4.96. The lowest BCUT2D eigenvalue weighted by Crippen LogP contribution is -2.35. The van der Waals surface area contributed by atoms with E-state index >= 15 is 0 Å². The zero-order chi connectivity index (χ0) is 22.8. The van der Waals surface area contributed by atoms with Gasteiger partial charge in [-0.15, -0.1) is 0 Å². The number of ether oxygens (including phenoxy) is 1. The van der Waals surface area contributed by atoms with E-state index in [-0.39, 0.29) is 24.0 Å². The number of carboxylic acid groups (broad SMARTS) is 1. The predicted octanol–water partition coefficient (Wildman–Crippen LogP) is 3.01. The summed E-state index contributed by atoms with van der Waals surface area (Å²) in [4.78, 5) is 31.1. The third-order valence-corrected chi connectivity index (χ3v) is 4.96. The van der Waals surface area contributed by atoms with Gasteiger partial charge in [0, 0.05) is 32.6 Å². The Morgan fingerprint density at radius 2 is 2.03 bits per heavy atom. The number of hydrogen-bond acceptors (Lipinski definition) is 8. The van der Waals surface area contributed by atoms with Gasteiger partial charge in [0.2, 0.25) is 11.7 Å². The highest BCUT2D eigenvalue weighted by atomic mass is 19.4. The number of alkyl halides is 3. The number of carboxylic acids is 1. The molecule has 11 nitrogen and oxygen atoms in total. The van der Waals surface area contributed by atoms with E-state index in [1.165, 1.54) is 7.05 Å². The van der Waals surface area contributed by atoms with E-state index in [1.807, 2.05) is 0 Å². The number of nitrogens with zero attached hydrogens (tertiary/aromatic N) is 6. The summed E-state index contributed by atoms with van der Waals surface area (Å²) in [6, 6.07) is 0.624. The second-order valence-corrected chi connectivity index (χ2v) is 7.06. The van der Waals surface area contributed by atoms with Gasteiger partial charge < -0.3 is 14.7 Å². The maximum absolute atomic E-state index is 12.9. The average Bonchev–Trinajstić information content (AvgIpc) is 3.07. The van der Waals surface area contributed by atoms with E-state index in [0.717, 1.165) is 11.0 Å². The number of nitro groups is 1. The van der Waals surface area contributed by atoms with E-state index in [0.29, 0.717) is 38.4 Å². The van der Waals surface area contributed by atoms with E-state index in [2.05, 4.69) is 15.1 Å². The van der Waals surface area contributed by atoms with Crippen molar-refractivity contribution in [2.45, 2.75) is 31.9 Å². The zero-order valence-electron chi connectivity index (χ0n) is 16.4. The minimum absolute atomic E-state index is 0.00935. The fraction of sp³-hybridized carbons (Fsp3) is 0.529. The highest BCUT2D eigenvalue weighted by molar-refractivity contribution is 5.66. The lowest BCUT2D eigenvalue weighted by atomic mass is 9.92. The second kappa shape index (κ2) is 8.73. The first-order chi connectivity index (χ1) is 14.6. The lowest BCUT2D eigenvalue weighted by molar-refractivity contribution is -0.385. The Kier molecular flexibility index (Phi) is 6.27. The van der Waals surface area contributed by atoms with Crippen LogP contribution in [0.25, 0.3) is 0 Å². The highest BCUT2D eigenvalue weighted by Gasteiger charge is 2.36. The van der Waals surface area contributed by atoms with Crippen LogP contribution < -0.4 is 9.64 Å². The van der Waals surface area contributed by atoms with E-state index < -0.39 is 34.3 Å². The van der Waals surface area contributed by atoms with E-state index in [1.54, 1.807) is 4.90 Å². The number of halogens is 3. The van der Waals surface area contributed by atoms with Crippen LogP contribution in [0.4, 0.5) is 24.7 Å². The molecule has 0 spiro atoms. The molecule has 2 aromatic heterocycles. The molecule has 3 heterocycles. The molecule has 0 saturated carbocycles. The first kappa shape index (κ1) is 22.2. The van der Waals surface area contributed by atoms with Gasteiger partial charge in [0.15, 0.2) is 5.69 Å². The number of aromatic nitrogens is 4. The number of carbonyl (C=O) groups is 1. The minimum Gasteiger partial charge on any atom is -0.481 e. The molecule has 0 aliphatic carbocycles. The van der Waals surface area contributed by atoms with Gasteiger partial charge in [-0.3, -0.25) is 14.9 Å². The van der Waals surface area contributed by atoms with Gasteiger partial charge in [-0.05, 0) is 25.2 Å². The topological polar surface area (TPSA) is 137 Å². The molecular weight excluding hydrogens is 425 g/mol. The summed E-state index contributed by atoms with van der Waals surface area (Å²) >= 11 is 0. The molecular formula is C17H19F3N6O5. The molecule has 0 unspecified atom stereocenters. The molecule has 168 valence electrons. The molecule has 0 aromatic carbocycles. The van der Waals surface area contributed by atoms with Crippen LogP contribution in [0.2, 0.25) is 0 Å². The van der Waals surface area contributed by atoms with Crippen molar-refractivity contribution in [2.75, 3.05) is 18.0 Å². The van der Waals surface area contributed by atoms with Crippen LogP contribution in [0.1, 0.15) is 31.4 Å². The van der Waals surface area contributed by atoms with Crippen LogP contribution in [0, 0.1) is 16.0 Å². The van der Waals surface area contributed by atoms with Gasteiger partial charge >= 0.3 is 23.7 Å². The molecule has 1 fully saturated rings. The van der Waals surface area contributed by atoms with Crippen LogP contribution in [0.15, 0.2) is 12.4 Å². The lowest BCUT2D eigenvalue weighted by Gasteiger charge is -2.32. The molecule has 0 bridgehead atoms. The zero-order valence-corrected chi connectivity index (χ0v) is 16.4. The smallest absolute Gasteiger partial charge is 0.435 e. The van der Waals surface area contributed by atoms with Gasteiger partial charge in [0.25, 0.3) is 0 Å². The van der Waals surface area contributed by atoms with Gasteiger partial charge in [0.1, 0.15) is 6.33 Å². The van der Waals surface area contributed by atoms with Crippen molar-refractivity contribution < 1.29 is 32.7 Å². The van der Waals surface area contributed by atoms with Crippen molar-refractivity contribution in [3.05, 3.63) is 28.2 Å². The van der Waals surface area contributed by atoms with E-state index in [4.69, 9.17) is 9.84 Å². The molecule has 0 atom stereocenters. The molecule has 31 heavy (non-hydrogen) atoms. The molecule has 1 aliphatic rings. The summed E-state index contributed by atoms with van der Waals surface area (Å²) in [6.07, 6.45) is -1.84. The molecule has 1 saturated heterocycles. The van der Waals surface area contributed by atoms with Crippen molar-refractivity contribution >= 4 is 17.5 Å². The third kappa shape index (κ3) is 5.19. The van der Waals surface area contributed by atoms with Crippen LogP contribution in [-0.2, 0) is 18.0 Å².